The van der Waals surface area contributed by atoms with Crippen LogP contribution in [0.2, 0.25) is 0 Å². The van der Waals surface area contributed by atoms with Gasteiger partial charge in [-0.05, 0) is 111 Å². The lowest BCUT2D eigenvalue weighted by Gasteiger charge is -2.65. The van der Waals surface area contributed by atoms with Gasteiger partial charge in [-0.1, -0.05) is 86.1 Å². The topological polar surface area (TPSA) is 0 Å². The van der Waals surface area contributed by atoms with Crippen molar-refractivity contribution in [3.8, 4) is 0 Å². The van der Waals surface area contributed by atoms with Crippen molar-refractivity contribution in [1.29, 1.82) is 0 Å². The molecular formula is C34H46. The molecule has 0 N–H and O–H groups in total. The maximum atomic E-state index is 2.65. The van der Waals surface area contributed by atoms with E-state index in [9.17, 15) is 0 Å². The van der Waals surface area contributed by atoms with Crippen LogP contribution in [0.3, 0.4) is 0 Å². The van der Waals surface area contributed by atoms with Gasteiger partial charge in [0.2, 0.25) is 0 Å². The normalized spacial score (nSPS) is 52.8. The summed E-state index contributed by atoms with van der Waals surface area (Å²) in [5, 5.41) is 0. The Balaban J connectivity index is 1.49. The van der Waals surface area contributed by atoms with E-state index in [1.54, 1.807) is 0 Å². The van der Waals surface area contributed by atoms with Crippen molar-refractivity contribution in [3.63, 3.8) is 0 Å². The molecular weight excluding hydrogens is 408 g/mol. The van der Waals surface area contributed by atoms with Crippen LogP contribution >= 0.6 is 0 Å². The van der Waals surface area contributed by atoms with E-state index < -0.39 is 0 Å². The van der Waals surface area contributed by atoms with Crippen LogP contribution < -0.4 is 0 Å². The summed E-state index contributed by atoms with van der Waals surface area (Å²) < 4.78 is 0. The van der Waals surface area contributed by atoms with Crippen LogP contribution in [0.25, 0.3) is 0 Å². The molecule has 0 aromatic carbocycles. The Morgan fingerprint density at radius 3 is 0.794 bits per heavy atom. The van der Waals surface area contributed by atoms with Crippen molar-refractivity contribution in [2.45, 2.75) is 92.9 Å². The van der Waals surface area contributed by atoms with E-state index in [0.717, 1.165) is 71.0 Å². The molecule has 0 bridgehead atoms. The molecule has 34 heavy (non-hydrogen) atoms. The summed E-state index contributed by atoms with van der Waals surface area (Å²) in [7, 11) is 0. The van der Waals surface area contributed by atoms with Crippen LogP contribution in [0, 0.1) is 71.0 Å². The van der Waals surface area contributed by atoms with Crippen LogP contribution in [0.5, 0.6) is 0 Å². The van der Waals surface area contributed by atoms with Crippen LogP contribution in [-0.2, 0) is 0 Å². The van der Waals surface area contributed by atoms with Crippen LogP contribution in [0.1, 0.15) is 92.9 Å². The summed E-state index contributed by atoms with van der Waals surface area (Å²) >= 11 is 0. The maximum Gasteiger partial charge on any atom is 0.0122 e. The third-order valence-corrected chi connectivity index (χ3v) is 13.2. The molecule has 8 rings (SSSR count). The minimum atomic E-state index is 0.736. The summed E-state index contributed by atoms with van der Waals surface area (Å²) in [4.78, 5) is 0. The molecule has 0 amide bonds. The fraction of sp³-hybridized carbons (Fsp3) is 0.765. The first kappa shape index (κ1) is 21.1. The fourth-order valence-corrected chi connectivity index (χ4v) is 12.4. The Morgan fingerprint density at radius 1 is 0.324 bits per heavy atom. The molecule has 0 saturated heterocycles. The molecule has 0 aromatic rings. The van der Waals surface area contributed by atoms with Gasteiger partial charge in [-0.15, -0.1) is 0 Å². The van der Waals surface area contributed by atoms with E-state index in [0.29, 0.717) is 0 Å². The van der Waals surface area contributed by atoms with Crippen LogP contribution in [-0.4, -0.2) is 0 Å². The molecule has 2 fully saturated rings. The molecule has 0 aliphatic heterocycles. The first-order chi connectivity index (χ1) is 16.4. The number of fused-ring (bicyclic) bond motifs is 2. The van der Waals surface area contributed by atoms with E-state index in [4.69, 9.17) is 0 Å². The predicted molar refractivity (Wildman–Crippen MR) is 141 cm³/mol. The second-order valence-corrected chi connectivity index (χ2v) is 14.4. The second-order valence-electron chi connectivity index (χ2n) is 14.4. The maximum absolute atomic E-state index is 2.65. The van der Waals surface area contributed by atoms with Gasteiger partial charge in [0.25, 0.3) is 0 Å². The predicted octanol–water partition coefficient (Wildman–Crippen LogP) is 8.92. The molecule has 0 radical (unpaired) electrons. The molecule has 182 valence electrons. The third-order valence-electron chi connectivity index (χ3n) is 13.2. The zero-order valence-corrected chi connectivity index (χ0v) is 22.6. The molecule has 8 aliphatic carbocycles. The molecule has 8 aliphatic rings. The average Bonchev–Trinajstić information content (AvgIpc) is 2.81. The highest BCUT2D eigenvalue weighted by Crippen LogP contribution is 2.72. The lowest BCUT2D eigenvalue weighted by molar-refractivity contribution is 0.130. The van der Waals surface area contributed by atoms with Crippen molar-refractivity contribution in [2.75, 3.05) is 0 Å². The van der Waals surface area contributed by atoms with Crippen molar-refractivity contribution < 1.29 is 0 Å². The Hall–Kier alpha value is -1.04. The number of rotatable bonds is 0. The standard InChI is InChI=1S/C34H46/c1-15-7-11-21-22-12-9-17(3)27-20(6)28-18(4)10-14-24-23-13-8-16(2)26-19(5)25(15)29(21)33(30(23)26)34(31(22)27)32(24)28/h15-24,33-34H,7-14H2,1-6H3. The van der Waals surface area contributed by atoms with Gasteiger partial charge in [0.15, 0.2) is 0 Å². The Kier molecular flexibility index (Phi) is 4.24. The second kappa shape index (κ2) is 6.83. The fourth-order valence-electron chi connectivity index (χ4n) is 12.4. The molecule has 0 heterocycles. The first-order valence-corrected chi connectivity index (χ1v) is 15.3. The SMILES string of the molecule is CC1CCC2C3=C1C(C)C1=C4C(CCC1C)C1CCC(C)C5=C1C(C1=C(C(C)CCC12)C5C)C34. The van der Waals surface area contributed by atoms with Gasteiger partial charge >= 0.3 is 0 Å². The molecule has 0 nitrogen and oxygen atoms in total. The van der Waals surface area contributed by atoms with Crippen molar-refractivity contribution in [2.24, 2.45) is 71.0 Å². The van der Waals surface area contributed by atoms with E-state index >= 15 is 0 Å². The highest BCUT2D eigenvalue weighted by Gasteiger charge is 2.62. The van der Waals surface area contributed by atoms with Crippen molar-refractivity contribution in [1.82, 2.24) is 0 Å². The van der Waals surface area contributed by atoms with Gasteiger partial charge in [-0.2, -0.15) is 0 Å². The van der Waals surface area contributed by atoms with E-state index in [1.807, 2.05) is 22.3 Å². The smallest absolute Gasteiger partial charge is 0.0122 e. The lowest BCUT2D eigenvalue weighted by Crippen LogP contribution is -2.55. The van der Waals surface area contributed by atoms with Crippen molar-refractivity contribution >= 4 is 0 Å². The average molecular weight is 455 g/mol. The molecule has 0 aromatic heterocycles. The number of hydrogen-bond acceptors (Lipinski definition) is 0. The summed E-state index contributed by atoms with van der Waals surface area (Å²) in [6.07, 6.45) is 11.7. The van der Waals surface area contributed by atoms with Crippen LogP contribution in [0.4, 0.5) is 0 Å². The summed E-state index contributed by atoms with van der Waals surface area (Å²) in [5.41, 5.74) is 16.1. The first-order valence-electron chi connectivity index (χ1n) is 15.3. The molecule has 0 heteroatoms. The Morgan fingerprint density at radius 2 is 0.559 bits per heavy atom. The van der Waals surface area contributed by atoms with Crippen LogP contribution in [0.15, 0.2) is 44.6 Å². The van der Waals surface area contributed by atoms with Gasteiger partial charge in [-0.3, -0.25) is 0 Å². The zero-order valence-electron chi connectivity index (χ0n) is 22.6. The lowest BCUT2D eigenvalue weighted by atomic mass is 9.39. The largest absolute Gasteiger partial charge is 0.0603 e. The molecule has 0 spiro atoms. The van der Waals surface area contributed by atoms with Gasteiger partial charge in [0.05, 0.1) is 0 Å². The highest BCUT2D eigenvalue weighted by molar-refractivity contribution is 5.60. The quantitative estimate of drug-likeness (QED) is 0.320. The number of allylic oxidation sites excluding steroid dienone is 8. The van der Waals surface area contributed by atoms with Crippen molar-refractivity contribution in [3.05, 3.63) is 44.6 Å². The van der Waals surface area contributed by atoms with Gasteiger partial charge in [0, 0.05) is 11.8 Å². The van der Waals surface area contributed by atoms with Gasteiger partial charge < -0.3 is 0 Å². The minimum absolute atomic E-state index is 0.736. The van der Waals surface area contributed by atoms with Gasteiger partial charge in [0.1, 0.15) is 0 Å². The zero-order chi connectivity index (χ0) is 23.2. The van der Waals surface area contributed by atoms with Gasteiger partial charge in [-0.25, -0.2) is 0 Å². The Bertz CT molecular complexity index is 933. The molecule has 8 atom stereocenters. The van der Waals surface area contributed by atoms with E-state index in [-0.39, 0.29) is 0 Å². The summed E-state index contributed by atoms with van der Waals surface area (Å²) in [6.45, 7) is 15.7. The number of hydrogen-bond donors (Lipinski definition) is 0. The molecule has 2 saturated carbocycles. The Labute approximate surface area is 208 Å². The van der Waals surface area contributed by atoms with E-state index in [1.165, 1.54) is 51.4 Å². The summed E-state index contributed by atoms with van der Waals surface area (Å²) in [6, 6.07) is 0. The third kappa shape index (κ3) is 2.26. The highest BCUT2D eigenvalue weighted by atomic mass is 14.7. The molecule has 8 unspecified atom stereocenters. The summed E-state index contributed by atoms with van der Waals surface area (Å²) in [5.74, 6) is 9.82. The minimum Gasteiger partial charge on any atom is -0.0603 e. The van der Waals surface area contributed by atoms with E-state index in [2.05, 4.69) is 63.8 Å². The monoisotopic (exact) mass is 454 g/mol.